The largest absolute Gasteiger partial charge is 0.310 e. The maximum Gasteiger partial charge on any atom is 0.0291 e. The predicted molar refractivity (Wildman–Crippen MR) is 77.6 cm³/mol. The lowest BCUT2D eigenvalue weighted by Gasteiger charge is -2.14. The molecule has 0 aliphatic heterocycles. The van der Waals surface area contributed by atoms with E-state index in [9.17, 15) is 0 Å². The fourth-order valence-corrected chi connectivity index (χ4v) is 2.12. The minimum Gasteiger partial charge on any atom is -0.310 e. The van der Waals surface area contributed by atoms with Crippen molar-refractivity contribution >= 4 is 0 Å². The molecule has 18 heavy (non-hydrogen) atoms. The smallest absolute Gasteiger partial charge is 0.0291 e. The van der Waals surface area contributed by atoms with E-state index >= 15 is 0 Å². The first-order chi connectivity index (χ1) is 8.86. The van der Waals surface area contributed by atoms with Crippen molar-refractivity contribution < 1.29 is 0 Å². The molecule has 0 amide bonds. The molecule has 1 heteroatoms. The first-order valence-electron chi connectivity index (χ1n) is 6.68. The summed E-state index contributed by atoms with van der Waals surface area (Å²) >= 11 is 0. The number of hydrogen-bond donors (Lipinski definition) is 1. The molecule has 2 aromatic carbocycles. The second-order valence-electron chi connectivity index (χ2n) is 4.68. The van der Waals surface area contributed by atoms with Crippen molar-refractivity contribution in [3.8, 4) is 0 Å². The fraction of sp³-hybridized carbons (Fsp3) is 0.294. The number of hydrogen-bond acceptors (Lipinski definition) is 1. The Bertz CT molecular complexity index is 436. The topological polar surface area (TPSA) is 12.0 Å². The van der Waals surface area contributed by atoms with E-state index in [0.717, 1.165) is 13.0 Å². The van der Waals surface area contributed by atoms with Crippen LogP contribution in [0.4, 0.5) is 0 Å². The molecule has 0 fully saturated rings. The van der Waals surface area contributed by atoms with Gasteiger partial charge in [0.15, 0.2) is 0 Å². The Balaban J connectivity index is 1.70. The average molecular weight is 239 g/mol. The first kappa shape index (κ1) is 12.8. The maximum atomic E-state index is 3.57. The normalized spacial score (nSPS) is 12.3. The highest BCUT2D eigenvalue weighted by atomic mass is 14.9. The summed E-state index contributed by atoms with van der Waals surface area (Å²) in [6.45, 7) is 3.28. The molecule has 0 heterocycles. The third-order valence-electron chi connectivity index (χ3n) is 3.24. The molecular weight excluding hydrogens is 218 g/mol. The van der Waals surface area contributed by atoms with Gasteiger partial charge in [-0.3, -0.25) is 0 Å². The van der Waals surface area contributed by atoms with Crippen LogP contribution in [0.5, 0.6) is 0 Å². The predicted octanol–water partition coefficient (Wildman–Crippen LogP) is 3.97. The summed E-state index contributed by atoms with van der Waals surface area (Å²) in [7, 11) is 0. The van der Waals surface area contributed by atoms with E-state index in [1.165, 1.54) is 17.5 Å². The van der Waals surface area contributed by atoms with Crippen molar-refractivity contribution in [1.82, 2.24) is 5.32 Å². The Morgan fingerprint density at radius 2 is 1.50 bits per heavy atom. The second-order valence-corrected chi connectivity index (χ2v) is 4.68. The zero-order valence-electron chi connectivity index (χ0n) is 11.0. The highest BCUT2D eigenvalue weighted by Gasteiger charge is 2.02. The molecule has 0 spiro atoms. The Kier molecular flexibility index (Phi) is 4.98. The van der Waals surface area contributed by atoms with E-state index in [-0.39, 0.29) is 0 Å². The molecule has 1 nitrogen and oxygen atoms in total. The standard InChI is InChI=1S/C17H21N/c1-15(17-12-6-3-7-13-17)18-14-8-11-16-9-4-2-5-10-16/h2-7,9-10,12-13,15,18H,8,11,14H2,1H3/t15-/m1/s1. The summed E-state index contributed by atoms with van der Waals surface area (Å²) in [5.74, 6) is 0. The molecule has 0 unspecified atom stereocenters. The zero-order valence-corrected chi connectivity index (χ0v) is 11.0. The van der Waals surface area contributed by atoms with E-state index in [0.29, 0.717) is 6.04 Å². The Labute approximate surface area is 110 Å². The molecule has 1 N–H and O–H groups in total. The van der Waals surface area contributed by atoms with E-state index in [4.69, 9.17) is 0 Å². The summed E-state index contributed by atoms with van der Waals surface area (Å²) < 4.78 is 0. The van der Waals surface area contributed by atoms with Gasteiger partial charge in [-0.15, -0.1) is 0 Å². The SMILES string of the molecule is C[C@@H](NCCCc1ccccc1)c1ccccc1. The van der Waals surface area contributed by atoms with Gasteiger partial charge in [0.2, 0.25) is 0 Å². The number of nitrogens with one attached hydrogen (secondary N) is 1. The van der Waals surface area contributed by atoms with E-state index in [1.807, 2.05) is 0 Å². The molecular formula is C17H21N. The van der Waals surface area contributed by atoms with E-state index in [2.05, 4.69) is 72.9 Å². The molecule has 94 valence electrons. The number of rotatable bonds is 6. The van der Waals surface area contributed by atoms with Gasteiger partial charge < -0.3 is 5.32 Å². The first-order valence-corrected chi connectivity index (χ1v) is 6.68. The lowest BCUT2D eigenvalue weighted by molar-refractivity contribution is 0.558. The van der Waals surface area contributed by atoms with Crippen LogP contribution in [0.1, 0.15) is 30.5 Å². The Hall–Kier alpha value is -1.60. The zero-order chi connectivity index (χ0) is 12.6. The Morgan fingerprint density at radius 3 is 2.17 bits per heavy atom. The van der Waals surface area contributed by atoms with Crippen LogP contribution in [-0.4, -0.2) is 6.54 Å². The van der Waals surface area contributed by atoms with Gasteiger partial charge in [0, 0.05) is 6.04 Å². The van der Waals surface area contributed by atoms with E-state index < -0.39 is 0 Å². The lowest BCUT2D eigenvalue weighted by Crippen LogP contribution is -2.20. The summed E-state index contributed by atoms with van der Waals surface area (Å²) in [6, 6.07) is 21.7. The fourth-order valence-electron chi connectivity index (χ4n) is 2.12. The third-order valence-corrected chi connectivity index (χ3v) is 3.24. The van der Waals surface area contributed by atoms with Crippen LogP contribution in [-0.2, 0) is 6.42 Å². The molecule has 1 atom stereocenters. The van der Waals surface area contributed by atoms with Gasteiger partial charge in [-0.05, 0) is 37.4 Å². The van der Waals surface area contributed by atoms with Gasteiger partial charge in [0.25, 0.3) is 0 Å². The van der Waals surface area contributed by atoms with Gasteiger partial charge in [-0.25, -0.2) is 0 Å². The van der Waals surface area contributed by atoms with Gasteiger partial charge in [0.1, 0.15) is 0 Å². The van der Waals surface area contributed by atoms with Gasteiger partial charge >= 0.3 is 0 Å². The Morgan fingerprint density at radius 1 is 0.889 bits per heavy atom. The minimum atomic E-state index is 0.432. The molecule has 2 aromatic rings. The lowest BCUT2D eigenvalue weighted by atomic mass is 10.1. The molecule has 0 aromatic heterocycles. The van der Waals surface area contributed by atoms with Crippen LogP contribution in [0.15, 0.2) is 60.7 Å². The molecule has 2 rings (SSSR count). The summed E-state index contributed by atoms with van der Waals surface area (Å²) in [5, 5.41) is 3.57. The van der Waals surface area contributed by atoms with Gasteiger partial charge in [-0.2, -0.15) is 0 Å². The molecule has 0 bridgehead atoms. The summed E-state index contributed by atoms with van der Waals surface area (Å²) in [6.07, 6.45) is 2.33. The highest BCUT2D eigenvalue weighted by Crippen LogP contribution is 2.11. The monoisotopic (exact) mass is 239 g/mol. The molecule has 0 aliphatic carbocycles. The minimum absolute atomic E-state index is 0.432. The number of aryl methyl sites for hydroxylation is 1. The van der Waals surface area contributed by atoms with Crippen molar-refractivity contribution in [2.75, 3.05) is 6.54 Å². The summed E-state index contributed by atoms with van der Waals surface area (Å²) in [4.78, 5) is 0. The van der Waals surface area contributed by atoms with Crippen LogP contribution in [0.2, 0.25) is 0 Å². The molecule has 0 radical (unpaired) electrons. The van der Waals surface area contributed by atoms with E-state index in [1.54, 1.807) is 0 Å². The number of benzene rings is 2. The van der Waals surface area contributed by atoms with Crippen LogP contribution in [0.25, 0.3) is 0 Å². The van der Waals surface area contributed by atoms with Crippen LogP contribution in [0, 0.1) is 0 Å². The van der Waals surface area contributed by atoms with Crippen molar-refractivity contribution in [3.05, 3.63) is 71.8 Å². The molecule has 0 saturated carbocycles. The second kappa shape index (κ2) is 6.97. The van der Waals surface area contributed by atoms with Crippen LogP contribution >= 0.6 is 0 Å². The van der Waals surface area contributed by atoms with Crippen LogP contribution in [0.3, 0.4) is 0 Å². The summed E-state index contributed by atoms with van der Waals surface area (Å²) in [5.41, 5.74) is 2.78. The van der Waals surface area contributed by atoms with Crippen molar-refractivity contribution in [1.29, 1.82) is 0 Å². The maximum absolute atomic E-state index is 3.57. The van der Waals surface area contributed by atoms with Crippen molar-refractivity contribution in [3.63, 3.8) is 0 Å². The van der Waals surface area contributed by atoms with Gasteiger partial charge in [-0.1, -0.05) is 60.7 Å². The quantitative estimate of drug-likeness (QED) is 0.752. The van der Waals surface area contributed by atoms with Crippen molar-refractivity contribution in [2.45, 2.75) is 25.8 Å². The molecule has 0 aliphatic rings. The van der Waals surface area contributed by atoms with Gasteiger partial charge in [0.05, 0.1) is 0 Å². The average Bonchev–Trinajstić information content (AvgIpc) is 2.45. The van der Waals surface area contributed by atoms with Crippen LogP contribution < -0.4 is 5.32 Å². The highest BCUT2D eigenvalue weighted by molar-refractivity contribution is 5.18. The molecule has 0 saturated heterocycles. The third kappa shape index (κ3) is 4.01. The van der Waals surface area contributed by atoms with Crippen molar-refractivity contribution in [2.24, 2.45) is 0 Å².